The molecule has 0 bridgehead atoms. The van der Waals surface area contributed by atoms with Gasteiger partial charge in [0, 0.05) is 17.1 Å². The van der Waals surface area contributed by atoms with Crippen LogP contribution in [-0.2, 0) is 17.1 Å². The van der Waals surface area contributed by atoms with Crippen molar-refractivity contribution in [2.45, 2.75) is 0 Å². The molecule has 0 aliphatic rings. The molecule has 0 radical (unpaired) electrons. The van der Waals surface area contributed by atoms with Gasteiger partial charge < -0.3 is 0 Å². The Labute approximate surface area is 39.3 Å². The van der Waals surface area contributed by atoms with E-state index in [1.54, 1.807) is 0 Å². The van der Waals surface area contributed by atoms with Gasteiger partial charge in [-0.25, -0.2) is 0 Å². The molecule has 0 aromatic rings. The standard InChI is InChI=1S/F3P.Fe/c1-4(2)3;. The summed E-state index contributed by atoms with van der Waals surface area (Å²) >= 11 is 0. The van der Waals surface area contributed by atoms with Crippen LogP contribution in [0.2, 0.25) is 0 Å². The fraction of sp³-hybridized carbons (Fsp3) is 0. The summed E-state index contributed by atoms with van der Waals surface area (Å²) in [6.07, 6.45) is 0. The Morgan fingerprint density at radius 3 is 1.00 bits per heavy atom. The third kappa shape index (κ3) is 65.0. The third-order valence-electron chi connectivity index (χ3n) is 0. The van der Waals surface area contributed by atoms with Gasteiger partial charge >= 0.3 is 8.85 Å². The number of halogens is 3. The molecule has 0 atom stereocenters. The molecule has 0 saturated heterocycles. The smallest absolute Gasteiger partial charge is 0.152 e. The normalized spacial score (nSPS) is 7.20. The molecule has 5 heavy (non-hydrogen) atoms. The van der Waals surface area contributed by atoms with Gasteiger partial charge in [0.15, 0.2) is 0 Å². The molecule has 0 heterocycles. The zero-order chi connectivity index (χ0) is 3.58. The second-order valence-corrected chi connectivity index (χ2v) is 0.575. The molecule has 0 rings (SSSR count). The molecule has 0 aliphatic carbocycles. The quantitative estimate of drug-likeness (QED) is 0.360. The van der Waals surface area contributed by atoms with Crippen LogP contribution < -0.4 is 0 Å². The van der Waals surface area contributed by atoms with Crippen LogP contribution in [0.25, 0.3) is 0 Å². The van der Waals surface area contributed by atoms with E-state index < -0.39 is 8.85 Å². The predicted molar refractivity (Wildman–Crippen MR) is 10.2 cm³/mol. The van der Waals surface area contributed by atoms with Gasteiger partial charge in [-0.1, -0.05) is 0 Å². The maximum atomic E-state index is 9.73. The predicted octanol–water partition coefficient (Wildman–Crippen LogP) is 2.12. The number of rotatable bonds is 0. The van der Waals surface area contributed by atoms with Crippen molar-refractivity contribution in [2.75, 3.05) is 0 Å². The van der Waals surface area contributed by atoms with Crippen LogP contribution in [0.5, 0.6) is 0 Å². The van der Waals surface area contributed by atoms with Gasteiger partial charge in [-0.3, -0.25) is 0 Å². The van der Waals surface area contributed by atoms with Crippen LogP contribution in [0.4, 0.5) is 12.6 Å². The van der Waals surface area contributed by atoms with Crippen LogP contribution in [0, 0.1) is 0 Å². The van der Waals surface area contributed by atoms with E-state index in [1.165, 1.54) is 0 Å². The summed E-state index contributed by atoms with van der Waals surface area (Å²) in [5.41, 5.74) is 0. The minimum atomic E-state index is -4.12. The molecule has 0 saturated carbocycles. The summed E-state index contributed by atoms with van der Waals surface area (Å²) < 4.78 is 29.2. The van der Waals surface area contributed by atoms with Crippen molar-refractivity contribution in [3.05, 3.63) is 0 Å². The van der Waals surface area contributed by atoms with Gasteiger partial charge in [-0.2, -0.15) is 12.6 Å². The Morgan fingerprint density at radius 2 is 1.00 bits per heavy atom. The Kier molecular flexibility index (Phi) is 8.74. The van der Waals surface area contributed by atoms with Crippen LogP contribution in [0.15, 0.2) is 0 Å². The summed E-state index contributed by atoms with van der Waals surface area (Å²) in [5, 5.41) is 0. The molecule has 0 spiro atoms. The minimum Gasteiger partial charge on any atom is -0.152 e. The van der Waals surface area contributed by atoms with Crippen molar-refractivity contribution in [3.63, 3.8) is 0 Å². The van der Waals surface area contributed by atoms with Gasteiger partial charge in [-0.15, -0.1) is 0 Å². The topological polar surface area (TPSA) is 0 Å². The maximum Gasteiger partial charge on any atom is 0.456 e. The van der Waals surface area contributed by atoms with Crippen LogP contribution in [0.1, 0.15) is 0 Å². The van der Waals surface area contributed by atoms with Crippen LogP contribution >= 0.6 is 8.85 Å². The molecule has 0 unspecified atom stereocenters. The Balaban J connectivity index is 0. The molecule has 0 nitrogen and oxygen atoms in total. The summed E-state index contributed by atoms with van der Waals surface area (Å²) in [5.74, 6) is 0. The van der Waals surface area contributed by atoms with Gasteiger partial charge in [0.2, 0.25) is 0 Å². The summed E-state index contributed by atoms with van der Waals surface area (Å²) in [7, 11) is -4.12. The van der Waals surface area contributed by atoms with E-state index in [0.717, 1.165) is 0 Å². The molecule has 0 aromatic carbocycles. The second kappa shape index (κ2) is 4.74. The molecular weight excluding hydrogens is 144 g/mol. The average Bonchev–Trinajstić information content (AvgIpc) is 0.811. The molecule has 0 amide bonds. The monoisotopic (exact) mass is 144 g/mol. The average molecular weight is 144 g/mol. The van der Waals surface area contributed by atoms with Crippen molar-refractivity contribution in [1.29, 1.82) is 0 Å². The van der Waals surface area contributed by atoms with E-state index in [4.69, 9.17) is 0 Å². The van der Waals surface area contributed by atoms with E-state index in [0.29, 0.717) is 0 Å². The summed E-state index contributed by atoms with van der Waals surface area (Å²) in [6, 6.07) is 0. The SMILES string of the molecule is FP(F)F.[Fe]. The maximum absolute atomic E-state index is 9.73. The largest absolute Gasteiger partial charge is 0.456 e. The molecule has 0 N–H and O–H groups in total. The molecular formula is F3FeP. The summed E-state index contributed by atoms with van der Waals surface area (Å²) in [4.78, 5) is 0. The van der Waals surface area contributed by atoms with Gasteiger partial charge in [0.1, 0.15) is 0 Å². The van der Waals surface area contributed by atoms with Crippen LogP contribution in [0.3, 0.4) is 0 Å². The van der Waals surface area contributed by atoms with Crippen molar-refractivity contribution >= 4 is 8.85 Å². The Bertz CT molecular complexity index is 11.6. The number of hydrogen-bond donors (Lipinski definition) is 0. The van der Waals surface area contributed by atoms with E-state index in [9.17, 15) is 12.6 Å². The first-order valence-corrected chi connectivity index (χ1v) is 1.52. The molecule has 5 heteroatoms. The van der Waals surface area contributed by atoms with E-state index in [2.05, 4.69) is 0 Å². The zero-order valence-corrected chi connectivity index (χ0v) is 3.93. The molecule has 0 aromatic heterocycles. The van der Waals surface area contributed by atoms with Gasteiger partial charge in [-0.05, 0) is 0 Å². The van der Waals surface area contributed by atoms with Crippen molar-refractivity contribution < 1.29 is 29.7 Å². The summed E-state index contributed by atoms with van der Waals surface area (Å²) in [6.45, 7) is 0. The van der Waals surface area contributed by atoms with E-state index in [1.807, 2.05) is 0 Å². The van der Waals surface area contributed by atoms with Crippen molar-refractivity contribution in [2.24, 2.45) is 0 Å². The second-order valence-electron chi connectivity index (χ2n) is 0.192. The zero-order valence-electron chi connectivity index (χ0n) is 1.93. The fourth-order valence-corrected chi connectivity index (χ4v) is 0. The third-order valence-corrected chi connectivity index (χ3v) is 0. The number of hydrogen-bond acceptors (Lipinski definition) is 0. The first-order chi connectivity index (χ1) is 1.73. The van der Waals surface area contributed by atoms with E-state index in [-0.39, 0.29) is 17.1 Å². The van der Waals surface area contributed by atoms with E-state index >= 15 is 0 Å². The molecule has 0 fully saturated rings. The van der Waals surface area contributed by atoms with Crippen molar-refractivity contribution in [1.82, 2.24) is 0 Å². The van der Waals surface area contributed by atoms with Gasteiger partial charge in [0.05, 0.1) is 0 Å². The van der Waals surface area contributed by atoms with Crippen molar-refractivity contribution in [3.8, 4) is 0 Å². The minimum absolute atomic E-state index is 0. The van der Waals surface area contributed by atoms with Crippen LogP contribution in [-0.4, -0.2) is 0 Å². The Hall–Kier alpha value is 0.739. The molecule has 34 valence electrons. The molecule has 0 aliphatic heterocycles. The first-order valence-electron chi connectivity index (χ1n) is 0.507. The Morgan fingerprint density at radius 1 is 1.00 bits per heavy atom. The van der Waals surface area contributed by atoms with Gasteiger partial charge in [0.25, 0.3) is 0 Å². The first kappa shape index (κ1) is 9.22. The fourth-order valence-electron chi connectivity index (χ4n) is 0.